The van der Waals surface area contributed by atoms with Gasteiger partial charge in [0.15, 0.2) is 0 Å². The van der Waals surface area contributed by atoms with E-state index in [9.17, 15) is 0 Å². The summed E-state index contributed by atoms with van der Waals surface area (Å²) in [7, 11) is -3.70. The Hall–Kier alpha value is -3.21. The van der Waals surface area contributed by atoms with E-state index in [1.165, 1.54) is 38.6 Å². The van der Waals surface area contributed by atoms with Crippen molar-refractivity contribution in [1.82, 2.24) is 0 Å². The molecule has 0 atom stereocenters. The largest absolute Gasteiger partial charge is 0.113 e. The van der Waals surface area contributed by atoms with Crippen LogP contribution in [0.2, 0.25) is 26.2 Å². The van der Waals surface area contributed by atoms with Crippen molar-refractivity contribution in [3.05, 3.63) is 97.1 Å². The minimum atomic E-state index is -1.87. The molecule has 0 fully saturated rings. The Bertz CT molecular complexity index is 1640. The zero-order valence-electron chi connectivity index (χ0n) is 20.2. The van der Waals surface area contributed by atoms with Crippen LogP contribution in [0, 0.1) is 0 Å². The lowest BCUT2D eigenvalue weighted by molar-refractivity contribution is 1.63. The first-order valence-corrected chi connectivity index (χ1v) is 18.3. The first-order valence-electron chi connectivity index (χ1n) is 12.3. The molecule has 2 aliphatic heterocycles. The van der Waals surface area contributed by atoms with Gasteiger partial charge in [-0.2, -0.15) is 0 Å². The normalized spacial score (nSPS) is 16.1. The molecule has 0 nitrogen and oxygen atoms in total. The molecule has 0 unspecified atom stereocenters. The first kappa shape index (κ1) is 20.2. The van der Waals surface area contributed by atoms with Crippen molar-refractivity contribution >= 4 is 47.7 Å². The van der Waals surface area contributed by atoms with Crippen molar-refractivity contribution in [2.75, 3.05) is 0 Å². The van der Waals surface area contributed by atoms with Gasteiger partial charge in [0.2, 0.25) is 0 Å². The average molecular weight is 469 g/mol. The molecule has 2 aliphatic rings. The Morgan fingerprint density at radius 3 is 1.65 bits per heavy atom. The van der Waals surface area contributed by atoms with Crippen molar-refractivity contribution in [3.63, 3.8) is 0 Å². The maximum absolute atomic E-state index is 2.59. The lowest BCUT2D eigenvalue weighted by Crippen LogP contribution is -2.63. The molecule has 0 saturated heterocycles. The molecule has 0 aromatic heterocycles. The van der Waals surface area contributed by atoms with Crippen LogP contribution in [-0.2, 0) is 0 Å². The van der Waals surface area contributed by atoms with E-state index in [2.05, 4.69) is 123 Å². The zero-order chi connectivity index (χ0) is 23.2. The molecule has 2 heterocycles. The molecule has 0 bridgehead atoms. The lowest BCUT2D eigenvalue weighted by atomic mass is 9.91. The van der Waals surface area contributed by atoms with Gasteiger partial charge >= 0.3 is 0 Å². The predicted octanol–water partition coefficient (Wildman–Crippen LogP) is 6.11. The highest BCUT2D eigenvalue weighted by Crippen LogP contribution is 2.42. The summed E-state index contributed by atoms with van der Waals surface area (Å²) in [5.74, 6) is 0. The fourth-order valence-corrected chi connectivity index (χ4v) is 15.3. The Balaban J connectivity index is 1.65. The summed E-state index contributed by atoms with van der Waals surface area (Å²) in [4.78, 5) is 0. The van der Waals surface area contributed by atoms with Gasteiger partial charge in [0.25, 0.3) is 0 Å². The minimum absolute atomic E-state index is 1.30. The van der Waals surface area contributed by atoms with Crippen LogP contribution < -0.4 is 20.7 Å². The molecule has 0 amide bonds. The number of fused-ring (bicyclic) bond motifs is 10. The monoisotopic (exact) mass is 468 g/mol. The van der Waals surface area contributed by atoms with E-state index in [0.717, 1.165) is 0 Å². The van der Waals surface area contributed by atoms with Gasteiger partial charge in [-0.05, 0) is 71.0 Å². The molecule has 7 rings (SSSR count). The van der Waals surface area contributed by atoms with Crippen molar-refractivity contribution in [1.29, 1.82) is 0 Å². The molecular formula is C32H28Si2. The van der Waals surface area contributed by atoms with Crippen molar-refractivity contribution < 1.29 is 0 Å². The van der Waals surface area contributed by atoms with Crippen molar-refractivity contribution in [2.24, 2.45) is 0 Å². The third kappa shape index (κ3) is 2.42. The summed E-state index contributed by atoms with van der Waals surface area (Å²) in [5.41, 5.74) is 8.66. The fourth-order valence-electron chi connectivity index (χ4n) is 6.87. The van der Waals surface area contributed by atoms with Crippen LogP contribution in [0.1, 0.15) is 0 Å². The van der Waals surface area contributed by atoms with Crippen LogP contribution in [0.15, 0.2) is 97.1 Å². The van der Waals surface area contributed by atoms with E-state index in [-0.39, 0.29) is 0 Å². The van der Waals surface area contributed by atoms with E-state index < -0.39 is 16.1 Å². The molecular weight excluding hydrogens is 441 g/mol. The van der Waals surface area contributed by atoms with Gasteiger partial charge in [-0.25, -0.2) is 0 Å². The smallest absolute Gasteiger partial charge is 0.0623 e. The summed E-state index contributed by atoms with van der Waals surface area (Å²) in [5, 5.41) is 9.51. The number of hydrogen-bond donors (Lipinski definition) is 0. The van der Waals surface area contributed by atoms with Crippen LogP contribution >= 0.6 is 0 Å². The van der Waals surface area contributed by atoms with Crippen LogP contribution in [-0.4, -0.2) is 16.1 Å². The SMILES string of the molecule is C[Si]1(C)c2ccccc2-c2c1c1c(c3ccccc23)-c2cc(-c3ccccc3)ccc2[Si]1(C)C. The van der Waals surface area contributed by atoms with Crippen LogP contribution in [0.5, 0.6) is 0 Å². The van der Waals surface area contributed by atoms with Crippen molar-refractivity contribution in [3.8, 4) is 33.4 Å². The van der Waals surface area contributed by atoms with Gasteiger partial charge in [0.05, 0.1) is 0 Å². The molecule has 0 N–H and O–H groups in total. The molecule has 0 spiro atoms. The van der Waals surface area contributed by atoms with E-state index >= 15 is 0 Å². The highest BCUT2D eigenvalue weighted by Gasteiger charge is 2.48. The standard InChI is InChI=1S/C32H28Si2/c1-33(2)27-17-11-10-16-25(27)29-23-14-8-9-15-24(23)30-26-20-22(21-12-6-5-7-13-21)18-19-28(26)34(3,4)32(30)31(29)33/h5-20H,1-4H3. The summed E-state index contributed by atoms with van der Waals surface area (Å²) in [6, 6.07) is 36.6. The van der Waals surface area contributed by atoms with Crippen LogP contribution in [0.25, 0.3) is 44.2 Å². The third-order valence-corrected chi connectivity index (χ3v) is 15.7. The Kier molecular flexibility index (Phi) is 3.97. The topological polar surface area (TPSA) is 0 Å². The lowest BCUT2D eigenvalue weighted by Gasteiger charge is -2.29. The quantitative estimate of drug-likeness (QED) is 0.260. The van der Waals surface area contributed by atoms with Gasteiger partial charge in [-0.3, -0.25) is 0 Å². The van der Waals surface area contributed by atoms with Gasteiger partial charge in [0, 0.05) is 0 Å². The molecule has 34 heavy (non-hydrogen) atoms. The molecule has 0 radical (unpaired) electrons. The fraction of sp³-hybridized carbons (Fsp3) is 0.125. The van der Waals surface area contributed by atoms with Crippen LogP contribution in [0.4, 0.5) is 0 Å². The number of rotatable bonds is 1. The highest BCUT2D eigenvalue weighted by atomic mass is 28.3. The third-order valence-electron chi connectivity index (χ3n) is 8.40. The molecule has 0 aliphatic carbocycles. The molecule has 5 aromatic carbocycles. The Morgan fingerprint density at radius 2 is 0.971 bits per heavy atom. The summed E-state index contributed by atoms with van der Waals surface area (Å²) in [6.07, 6.45) is 0. The molecule has 0 saturated carbocycles. The number of hydrogen-bond acceptors (Lipinski definition) is 0. The molecule has 164 valence electrons. The molecule has 2 heteroatoms. The Morgan fingerprint density at radius 1 is 0.441 bits per heavy atom. The van der Waals surface area contributed by atoms with Gasteiger partial charge in [-0.15, -0.1) is 0 Å². The second-order valence-electron chi connectivity index (χ2n) is 11.0. The van der Waals surface area contributed by atoms with E-state index in [4.69, 9.17) is 0 Å². The van der Waals surface area contributed by atoms with E-state index in [1.54, 1.807) is 26.3 Å². The summed E-state index contributed by atoms with van der Waals surface area (Å²) < 4.78 is 0. The minimum Gasteiger partial charge on any atom is -0.0623 e. The maximum Gasteiger partial charge on any atom is 0.113 e. The van der Waals surface area contributed by atoms with Gasteiger partial charge in [0.1, 0.15) is 16.1 Å². The predicted molar refractivity (Wildman–Crippen MR) is 154 cm³/mol. The van der Waals surface area contributed by atoms with Gasteiger partial charge < -0.3 is 0 Å². The van der Waals surface area contributed by atoms with Crippen LogP contribution in [0.3, 0.4) is 0 Å². The number of benzene rings is 5. The average Bonchev–Trinajstić information content (AvgIpc) is 3.24. The Labute approximate surface area is 203 Å². The van der Waals surface area contributed by atoms with Crippen molar-refractivity contribution in [2.45, 2.75) is 26.2 Å². The first-order chi connectivity index (χ1) is 16.4. The second-order valence-corrected chi connectivity index (χ2v) is 19.5. The summed E-state index contributed by atoms with van der Waals surface area (Å²) in [6.45, 7) is 10.3. The van der Waals surface area contributed by atoms with E-state index in [1.807, 2.05) is 0 Å². The zero-order valence-corrected chi connectivity index (χ0v) is 22.2. The van der Waals surface area contributed by atoms with Gasteiger partial charge in [-0.1, -0.05) is 117 Å². The second kappa shape index (κ2) is 6.68. The summed E-state index contributed by atoms with van der Waals surface area (Å²) >= 11 is 0. The highest BCUT2D eigenvalue weighted by molar-refractivity contribution is 7.13. The molecule has 5 aromatic rings. The maximum atomic E-state index is 2.59. The van der Waals surface area contributed by atoms with E-state index in [0.29, 0.717) is 0 Å².